The first-order chi connectivity index (χ1) is 9.16. The molecule has 4 heteroatoms. The summed E-state index contributed by atoms with van der Waals surface area (Å²) in [7, 11) is 1.82. The van der Waals surface area contributed by atoms with E-state index in [-0.39, 0.29) is 11.9 Å². The molecule has 0 radical (unpaired) electrons. The first kappa shape index (κ1) is 13.8. The van der Waals surface area contributed by atoms with Gasteiger partial charge in [-0.15, -0.1) is 0 Å². The van der Waals surface area contributed by atoms with Crippen LogP contribution in [0, 0.1) is 0 Å². The second kappa shape index (κ2) is 6.50. The highest BCUT2D eigenvalue weighted by molar-refractivity contribution is 7.07. The molecule has 1 atom stereocenters. The maximum Gasteiger partial charge on any atom is 0.224 e. The van der Waals surface area contributed by atoms with E-state index in [1.807, 2.05) is 48.8 Å². The highest BCUT2D eigenvalue weighted by Gasteiger charge is 2.15. The standard InChI is InChI=1S/C15H18N2OS/c1-17(10-12-7-8-19-11-12)15(18)9-14(16)13-5-3-2-4-6-13/h2-8,11,14H,9-10,16H2,1H3. The first-order valence-corrected chi connectivity index (χ1v) is 7.16. The summed E-state index contributed by atoms with van der Waals surface area (Å²) in [5.41, 5.74) is 8.22. The molecular weight excluding hydrogens is 256 g/mol. The summed E-state index contributed by atoms with van der Waals surface area (Å²) in [6.45, 7) is 0.643. The molecule has 0 bridgehead atoms. The van der Waals surface area contributed by atoms with Gasteiger partial charge in [0, 0.05) is 26.1 Å². The Labute approximate surface area is 117 Å². The van der Waals surface area contributed by atoms with Gasteiger partial charge in [0.2, 0.25) is 5.91 Å². The van der Waals surface area contributed by atoms with Crippen LogP contribution in [0.1, 0.15) is 23.6 Å². The summed E-state index contributed by atoms with van der Waals surface area (Å²) in [4.78, 5) is 13.8. The van der Waals surface area contributed by atoms with Crippen molar-refractivity contribution in [3.05, 3.63) is 58.3 Å². The number of carbonyl (C=O) groups is 1. The maximum atomic E-state index is 12.1. The van der Waals surface area contributed by atoms with Crippen LogP contribution in [0.2, 0.25) is 0 Å². The van der Waals surface area contributed by atoms with Crippen LogP contribution >= 0.6 is 11.3 Å². The third-order valence-electron chi connectivity index (χ3n) is 3.05. The molecule has 1 heterocycles. The fraction of sp³-hybridized carbons (Fsp3) is 0.267. The highest BCUT2D eigenvalue weighted by Crippen LogP contribution is 2.15. The van der Waals surface area contributed by atoms with Crippen LogP contribution in [0.15, 0.2) is 47.2 Å². The third kappa shape index (κ3) is 3.91. The predicted octanol–water partition coefficient (Wildman–Crippen LogP) is 2.80. The molecule has 0 aliphatic carbocycles. The summed E-state index contributed by atoms with van der Waals surface area (Å²) in [5.74, 6) is 0.0718. The van der Waals surface area contributed by atoms with Crippen LogP contribution in [0.25, 0.3) is 0 Å². The Morgan fingerprint density at radius 3 is 2.68 bits per heavy atom. The zero-order chi connectivity index (χ0) is 13.7. The van der Waals surface area contributed by atoms with Crippen LogP contribution in [0.5, 0.6) is 0 Å². The largest absolute Gasteiger partial charge is 0.341 e. The van der Waals surface area contributed by atoms with Crippen molar-refractivity contribution in [1.82, 2.24) is 4.90 Å². The molecule has 1 unspecified atom stereocenters. The van der Waals surface area contributed by atoms with Crippen LogP contribution < -0.4 is 5.73 Å². The summed E-state index contributed by atoms with van der Waals surface area (Å²) in [6, 6.07) is 11.5. The lowest BCUT2D eigenvalue weighted by atomic mass is 10.0. The number of hydrogen-bond donors (Lipinski definition) is 1. The molecule has 1 aromatic heterocycles. The normalized spacial score (nSPS) is 12.1. The zero-order valence-electron chi connectivity index (χ0n) is 11.0. The zero-order valence-corrected chi connectivity index (χ0v) is 11.8. The lowest BCUT2D eigenvalue weighted by Gasteiger charge is -2.19. The minimum atomic E-state index is -0.237. The van der Waals surface area contributed by atoms with Crippen molar-refractivity contribution in [1.29, 1.82) is 0 Å². The van der Waals surface area contributed by atoms with E-state index in [0.29, 0.717) is 13.0 Å². The number of rotatable bonds is 5. The molecule has 2 rings (SSSR count). The number of thiophene rings is 1. The maximum absolute atomic E-state index is 12.1. The van der Waals surface area contributed by atoms with Crippen molar-refractivity contribution >= 4 is 17.2 Å². The molecule has 1 aromatic carbocycles. The topological polar surface area (TPSA) is 46.3 Å². The van der Waals surface area contributed by atoms with Crippen LogP contribution in [-0.4, -0.2) is 17.9 Å². The van der Waals surface area contributed by atoms with Gasteiger partial charge in [0.05, 0.1) is 0 Å². The Bertz CT molecular complexity index is 510. The lowest BCUT2D eigenvalue weighted by Crippen LogP contribution is -2.29. The van der Waals surface area contributed by atoms with Crippen molar-refractivity contribution in [3.63, 3.8) is 0 Å². The summed E-state index contributed by atoms with van der Waals surface area (Å²) in [6.07, 6.45) is 0.338. The molecule has 0 spiro atoms. The van der Waals surface area contributed by atoms with Crippen LogP contribution in [-0.2, 0) is 11.3 Å². The number of nitrogens with zero attached hydrogens (tertiary/aromatic N) is 1. The Balaban J connectivity index is 1.90. The molecule has 2 N–H and O–H groups in total. The van der Waals surface area contributed by atoms with Gasteiger partial charge in [-0.2, -0.15) is 11.3 Å². The van der Waals surface area contributed by atoms with Crippen molar-refractivity contribution < 1.29 is 4.79 Å². The molecule has 0 aliphatic rings. The van der Waals surface area contributed by atoms with Gasteiger partial charge in [0.15, 0.2) is 0 Å². The van der Waals surface area contributed by atoms with Gasteiger partial charge >= 0.3 is 0 Å². The third-order valence-corrected chi connectivity index (χ3v) is 3.78. The molecule has 2 aromatic rings. The molecule has 100 valence electrons. The quantitative estimate of drug-likeness (QED) is 0.911. The summed E-state index contributed by atoms with van der Waals surface area (Å²) >= 11 is 1.64. The van der Waals surface area contributed by atoms with E-state index in [9.17, 15) is 4.79 Å². The minimum absolute atomic E-state index is 0.0718. The lowest BCUT2D eigenvalue weighted by molar-refractivity contribution is -0.130. The van der Waals surface area contributed by atoms with Crippen LogP contribution in [0.3, 0.4) is 0 Å². The molecule has 0 fully saturated rings. The number of nitrogens with two attached hydrogens (primary N) is 1. The predicted molar refractivity (Wildman–Crippen MR) is 78.8 cm³/mol. The van der Waals surface area contributed by atoms with E-state index in [1.165, 1.54) is 0 Å². The van der Waals surface area contributed by atoms with Gasteiger partial charge in [-0.05, 0) is 28.0 Å². The fourth-order valence-corrected chi connectivity index (χ4v) is 2.57. The van der Waals surface area contributed by atoms with E-state index >= 15 is 0 Å². The van der Waals surface area contributed by atoms with Crippen molar-refractivity contribution in [2.45, 2.75) is 19.0 Å². The molecule has 19 heavy (non-hydrogen) atoms. The second-order valence-corrected chi connectivity index (χ2v) is 5.38. The molecule has 1 amide bonds. The van der Waals surface area contributed by atoms with Crippen molar-refractivity contribution in [3.8, 4) is 0 Å². The summed E-state index contributed by atoms with van der Waals surface area (Å²) < 4.78 is 0. The van der Waals surface area contributed by atoms with E-state index < -0.39 is 0 Å². The van der Waals surface area contributed by atoms with E-state index in [0.717, 1.165) is 11.1 Å². The van der Waals surface area contributed by atoms with Gasteiger partial charge in [0.1, 0.15) is 0 Å². The second-order valence-electron chi connectivity index (χ2n) is 4.60. The number of amides is 1. The Hall–Kier alpha value is -1.65. The Morgan fingerprint density at radius 1 is 1.32 bits per heavy atom. The first-order valence-electron chi connectivity index (χ1n) is 6.22. The van der Waals surface area contributed by atoms with E-state index in [4.69, 9.17) is 5.73 Å². The number of carbonyl (C=O) groups excluding carboxylic acids is 1. The number of hydrogen-bond acceptors (Lipinski definition) is 3. The van der Waals surface area contributed by atoms with Gasteiger partial charge in [-0.25, -0.2) is 0 Å². The highest BCUT2D eigenvalue weighted by atomic mass is 32.1. The molecule has 0 saturated heterocycles. The van der Waals surface area contributed by atoms with Crippen LogP contribution in [0.4, 0.5) is 0 Å². The van der Waals surface area contributed by atoms with E-state index in [1.54, 1.807) is 16.2 Å². The average molecular weight is 274 g/mol. The SMILES string of the molecule is CN(Cc1ccsc1)C(=O)CC(N)c1ccccc1. The smallest absolute Gasteiger partial charge is 0.224 e. The molecule has 0 saturated carbocycles. The number of benzene rings is 1. The Kier molecular flexibility index (Phi) is 4.71. The monoisotopic (exact) mass is 274 g/mol. The van der Waals surface area contributed by atoms with Gasteiger partial charge in [-0.3, -0.25) is 4.79 Å². The minimum Gasteiger partial charge on any atom is -0.341 e. The van der Waals surface area contributed by atoms with E-state index in [2.05, 4.69) is 5.38 Å². The van der Waals surface area contributed by atoms with Crippen molar-refractivity contribution in [2.24, 2.45) is 5.73 Å². The van der Waals surface area contributed by atoms with Gasteiger partial charge in [-0.1, -0.05) is 30.3 Å². The molecule has 0 aliphatic heterocycles. The summed E-state index contributed by atoms with van der Waals surface area (Å²) in [5, 5.41) is 4.07. The van der Waals surface area contributed by atoms with Gasteiger partial charge < -0.3 is 10.6 Å². The molecular formula is C15H18N2OS. The van der Waals surface area contributed by atoms with Gasteiger partial charge in [0.25, 0.3) is 0 Å². The fourth-order valence-electron chi connectivity index (χ4n) is 1.91. The average Bonchev–Trinajstić information content (AvgIpc) is 2.92. The Morgan fingerprint density at radius 2 is 2.05 bits per heavy atom. The molecule has 3 nitrogen and oxygen atoms in total. The van der Waals surface area contributed by atoms with Crippen molar-refractivity contribution in [2.75, 3.05) is 7.05 Å².